The summed E-state index contributed by atoms with van der Waals surface area (Å²) in [6.07, 6.45) is -1.52. The molecule has 0 atom stereocenters. The van der Waals surface area contributed by atoms with Gasteiger partial charge in [-0.05, 0) is 12.1 Å². The minimum atomic E-state index is -4.50. The van der Waals surface area contributed by atoms with E-state index in [2.05, 4.69) is 19.9 Å². The number of imidazole rings is 2. The molecule has 0 spiro atoms. The molecule has 2 heterocycles. The molecule has 0 aliphatic heterocycles. The van der Waals surface area contributed by atoms with Crippen LogP contribution in [0.3, 0.4) is 0 Å². The molecule has 3 rings (SSSR count). The number of aromatic nitrogens is 4. The first-order chi connectivity index (χ1) is 8.95. The van der Waals surface area contributed by atoms with Crippen LogP contribution in [0.4, 0.5) is 13.2 Å². The maximum atomic E-state index is 12.7. The van der Waals surface area contributed by atoms with E-state index >= 15 is 0 Å². The molecule has 98 valence electrons. The second-order valence-corrected chi connectivity index (χ2v) is 4.30. The molecule has 2 aromatic heterocycles. The number of fused-ring (bicyclic) bond motifs is 1. The molecule has 0 radical (unpaired) electrons. The van der Waals surface area contributed by atoms with E-state index in [4.69, 9.17) is 11.6 Å². The van der Waals surface area contributed by atoms with Crippen LogP contribution >= 0.6 is 11.6 Å². The average molecular weight is 287 g/mol. The minimum Gasteiger partial charge on any atom is -0.342 e. The summed E-state index contributed by atoms with van der Waals surface area (Å²) in [5.74, 6) is 0.405. The highest BCUT2D eigenvalue weighted by Gasteiger charge is 2.33. The Morgan fingerprint density at radius 1 is 1.21 bits per heavy atom. The van der Waals surface area contributed by atoms with Gasteiger partial charge < -0.3 is 9.97 Å². The van der Waals surface area contributed by atoms with Gasteiger partial charge in [-0.1, -0.05) is 11.6 Å². The van der Waals surface area contributed by atoms with E-state index in [-0.39, 0.29) is 10.5 Å². The van der Waals surface area contributed by atoms with E-state index in [0.29, 0.717) is 17.0 Å². The van der Waals surface area contributed by atoms with E-state index in [1.54, 1.807) is 0 Å². The van der Waals surface area contributed by atoms with E-state index in [0.717, 1.165) is 6.07 Å². The lowest BCUT2D eigenvalue weighted by Crippen LogP contribution is -2.05. The fraction of sp³-hybridized carbons (Fsp3) is 0.0909. The van der Waals surface area contributed by atoms with Crippen molar-refractivity contribution in [1.29, 1.82) is 0 Å². The van der Waals surface area contributed by atoms with Crippen LogP contribution < -0.4 is 0 Å². The summed E-state index contributed by atoms with van der Waals surface area (Å²) in [6.45, 7) is 0. The lowest BCUT2D eigenvalue weighted by Gasteiger charge is -2.07. The molecule has 1 aromatic carbocycles. The Balaban J connectivity index is 2.19. The van der Waals surface area contributed by atoms with Crippen LogP contribution in [0.1, 0.15) is 5.56 Å². The van der Waals surface area contributed by atoms with Gasteiger partial charge in [-0.3, -0.25) is 0 Å². The van der Waals surface area contributed by atoms with E-state index in [1.165, 1.54) is 18.6 Å². The molecule has 0 amide bonds. The van der Waals surface area contributed by atoms with E-state index in [1.807, 2.05) is 0 Å². The fourth-order valence-electron chi connectivity index (χ4n) is 1.76. The zero-order valence-electron chi connectivity index (χ0n) is 9.22. The molecule has 8 heteroatoms. The molecule has 0 saturated carbocycles. The molecule has 0 aliphatic rings. The number of benzene rings is 1. The molecule has 2 N–H and O–H groups in total. The Kier molecular flexibility index (Phi) is 2.53. The SMILES string of the molecule is FC(F)(F)c1cc2[nH]c(-c3cnc[nH]3)nc2cc1Cl. The number of halogens is 4. The van der Waals surface area contributed by atoms with Gasteiger partial charge in [0, 0.05) is 0 Å². The first-order valence-electron chi connectivity index (χ1n) is 5.20. The third-order valence-electron chi connectivity index (χ3n) is 2.63. The standard InChI is InChI=1S/C11H6ClF3N4/c12-6-2-8-7(1-5(6)11(13,14)15)18-10(19-8)9-3-16-4-17-9/h1-4H,(H,16,17)(H,18,19). The van der Waals surface area contributed by atoms with Gasteiger partial charge in [0.2, 0.25) is 0 Å². The molecule has 0 aliphatic carbocycles. The molecule has 4 nitrogen and oxygen atoms in total. The normalized spacial score (nSPS) is 12.2. The van der Waals surface area contributed by atoms with Crippen LogP contribution in [0.5, 0.6) is 0 Å². The molecule has 0 fully saturated rings. The highest BCUT2D eigenvalue weighted by molar-refractivity contribution is 6.32. The van der Waals surface area contributed by atoms with Crippen LogP contribution in [0.15, 0.2) is 24.7 Å². The number of rotatable bonds is 1. The first kappa shape index (κ1) is 12.0. The van der Waals surface area contributed by atoms with Crippen molar-refractivity contribution in [2.24, 2.45) is 0 Å². The molecule has 19 heavy (non-hydrogen) atoms. The summed E-state index contributed by atoms with van der Waals surface area (Å²) < 4.78 is 38.2. The second kappa shape index (κ2) is 3.99. The number of aromatic amines is 2. The first-order valence-corrected chi connectivity index (χ1v) is 5.58. The topological polar surface area (TPSA) is 57.4 Å². The number of nitrogens with one attached hydrogen (secondary N) is 2. The van der Waals surface area contributed by atoms with Gasteiger partial charge in [-0.25, -0.2) is 9.97 Å². The third-order valence-corrected chi connectivity index (χ3v) is 2.94. The highest BCUT2D eigenvalue weighted by atomic mass is 35.5. The predicted molar refractivity (Wildman–Crippen MR) is 63.7 cm³/mol. The van der Waals surface area contributed by atoms with Gasteiger partial charge >= 0.3 is 6.18 Å². The zero-order valence-corrected chi connectivity index (χ0v) is 9.97. The number of nitrogens with zero attached hydrogens (tertiary/aromatic N) is 2. The summed E-state index contributed by atoms with van der Waals surface area (Å²) in [5.41, 5.74) is 0.325. The summed E-state index contributed by atoms with van der Waals surface area (Å²) >= 11 is 5.63. The van der Waals surface area contributed by atoms with E-state index in [9.17, 15) is 13.2 Å². The quantitative estimate of drug-likeness (QED) is 0.718. The predicted octanol–water partition coefficient (Wildman–Crippen LogP) is 3.63. The van der Waals surface area contributed by atoms with Gasteiger partial charge in [-0.2, -0.15) is 13.2 Å². The van der Waals surface area contributed by atoms with Crippen LogP contribution in [0.25, 0.3) is 22.6 Å². The molecule has 0 bridgehead atoms. The van der Waals surface area contributed by atoms with Crippen molar-refractivity contribution in [2.45, 2.75) is 6.18 Å². The van der Waals surface area contributed by atoms with Crippen molar-refractivity contribution < 1.29 is 13.2 Å². The molecular formula is C11H6ClF3N4. The summed E-state index contributed by atoms with van der Waals surface area (Å²) in [7, 11) is 0. The monoisotopic (exact) mass is 286 g/mol. The van der Waals surface area contributed by atoms with Gasteiger partial charge in [0.05, 0.1) is 34.1 Å². The van der Waals surface area contributed by atoms with Crippen LogP contribution in [0, 0.1) is 0 Å². The van der Waals surface area contributed by atoms with Gasteiger partial charge in [0.15, 0.2) is 5.82 Å². The smallest absolute Gasteiger partial charge is 0.342 e. The number of alkyl halides is 3. The van der Waals surface area contributed by atoms with Crippen molar-refractivity contribution in [2.75, 3.05) is 0 Å². The van der Waals surface area contributed by atoms with Crippen molar-refractivity contribution in [3.8, 4) is 11.5 Å². The van der Waals surface area contributed by atoms with Crippen LogP contribution in [-0.4, -0.2) is 19.9 Å². The maximum absolute atomic E-state index is 12.7. The van der Waals surface area contributed by atoms with E-state index < -0.39 is 11.7 Å². The third kappa shape index (κ3) is 2.06. The Labute approximate surface area is 109 Å². The lowest BCUT2D eigenvalue weighted by molar-refractivity contribution is -0.137. The van der Waals surface area contributed by atoms with Crippen molar-refractivity contribution in [1.82, 2.24) is 19.9 Å². The average Bonchev–Trinajstić information content (AvgIpc) is 2.93. The van der Waals surface area contributed by atoms with Gasteiger partial charge in [-0.15, -0.1) is 0 Å². The summed E-state index contributed by atoms with van der Waals surface area (Å²) in [5, 5.41) is -0.373. The number of hydrogen-bond acceptors (Lipinski definition) is 2. The Morgan fingerprint density at radius 2 is 2.00 bits per heavy atom. The number of H-pyrrole nitrogens is 2. The summed E-state index contributed by atoms with van der Waals surface area (Å²) in [4.78, 5) is 13.6. The van der Waals surface area contributed by atoms with Crippen molar-refractivity contribution >= 4 is 22.6 Å². The molecular weight excluding hydrogens is 281 g/mol. The van der Waals surface area contributed by atoms with Crippen molar-refractivity contribution in [3.05, 3.63) is 35.2 Å². The summed E-state index contributed by atoms with van der Waals surface area (Å²) in [6, 6.07) is 2.14. The van der Waals surface area contributed by atoms with Crippen LogP contribution in [-0.2, 0) is 6.18 Å². The zero-order chi connectivity index (χ0) is 13.6. The van der Waals surface area contributed by atoms with Crippen molar-refractivity contribution in [3.63, 3.8) is 0 Å². The molecule has 0 saturated heterocycles. The Morgan fingerprint density at radius 3 is 2.63 bits per heavy atom. The lowest BCUT2D eigenvalue weighted by atomic mass is 10.2. The van der Waals surface area contributed by atoms with Gasteiger partial charge in [0.1, 0.15) is 5.69 Å². The highest BCUT2D eigenvalue weighted by Crippen LogP contribution is 2.36. The Bertz CT molecular complexity index is 730. The van der Waals surface area contributed by atoms with Gasteiger partial charge in [0.25, 0.3) is 0 Å². The Hall–Kier alpha value is -2.02. The second-order valence-electron chi connectivity index (χ2n) is 3.90. The molecule has 3 aromatic rings. The fourth-order valence-corrected chi connectivity index (χ4v) is 2.03. The van der Waals surface area contributed by atoms with Crippen LogP contribution in [0.2, 0.25) is 5.02 Å². The molecule has 0 unspecified atom stereocenters. The minimum absolute atomic E-state index is 0.265. The largest absolute Gasteiger partial charge is 0.417 e. The number of hydrogen-bond donors (Lipinski definition) is 2. The maximum Gasteiger partial charge on any atom is 0.417 e.